The van der Waals surface area contributed by atoms with Crippen molar-refractivity contribution < 1.29 is 4.79 Å². The first-order valence-electron chi connectivity index (χ1n) is 7.28. The maximum Gasteiger partial charge on any atom is 0.229 e. The Kier molecular flexibility index (Phi) is 3.78. The zero-order chi connectivity index (χ0) is 15.1. The molecule has 2 aliphatic rings. The molecule has 0 spiro atoms. The van der Waals surface area contributed by atoms with E-state index in [2.05, 4.69) is 15.2 Å². The van der Waals surface area contributed by atoms with Crippen molar-refractivity contribution >= 4 is 34.9 Å². The van der Waals surface area contributed by atoms with Crippen molar-refractivity contribution in [1.29, 1.82) is 0 Å². The van der Waals surface area contributed by atoms with Gasteiger partial charge >= 0.3 is 0 Å². The second kappa shape index (κ2) is 5.33. The molecular weight excluding hydrogens is 309 g/mol. The van der Waals surface area contributed by atoms with Crippen LogP contribution in [-0.2, 0) is 11.3 Å². The second-order valence-corrected chi connectivity index (χ2v) is 7.60. The Balaban J connectivity index is 1.61. The minimum absolute atomic E-state index is 0.0907. The molecule has 1 N–H and O–H groups in total. The SMILES string of the molecule is CC1(C(=O)NCc2ccnc(N3CCCC3)c2)CC1(Cl)Cl. The normalized spacial score (nSPS) is 26.7. The summed E-state index contributed by atoms with van der Waals surface area (Å²) >= 11 is 12.0. The molecule has 1 aromatic heterocycles. The van der Waals surface area contributed by atoms with Gasteiger partial charge in [0, 0.05) is 25.8 Å². The van der Waals surface area contributed by atoms with Crippen molar-refractivity contribution in [2.45, 2.75) is 37.1 Å². The summed E-state index contributed by atoms with van der Waals surface area (Å²) in [7, 11) is 0. The molecule has 4 nitrogen and oxygen atoms in total. The van der Waals surface area contributed by atoms with Crippen LogP contribution in [0.15, 0.2) is 18.3 Å². The van der Waals surface area contributed by atoms with Crippen LogP contribution in [0.3, 0.4) is 0 Å². The van der Waals surface area contributed by atoms with E-state index < -0.39 is 9.75 Å². The summed E-state index contributed by atoms with van der Waals surface area (Å²) in [6, 6.07) is 3.96. The predicted octanol–water partition coefficient (Wildman–Crippen LogP) is 2.88. The van der Waals surface area contributed by atoms with Gasteiger partial charge in [-0.05, 0) is 43.9 Å². The average Bonchev–Trinajstić information content (AvgIpc) is 2.88. The monoisotopic (exact) mass is 327 g/mol. The maximum absolute atomic E-state index is 12.2. The van der Waals surface area contributed by atoms with E-state index in [0.717, 1.165) is 24.5 Å². The van der Waals surface area contributed by atoms with Crippen molar-refractivity contribution in [2.75, 3.05) is 18.0 Å². The minimum Gasteiger partial charge on any atom is -0.357 e. The molecule has 114 valence electrons. The van der Waals surface area contributed by atoms with Gasteiger partial charge in [-0.25, -0.2) is 4.98 Å². The smallest absolute Gasteiger partial charge is 0.229 e. The first-order chi connectivity index (χ1) is 9.92. The summed E-state index contributed by atoms with van der Waals surface area (Å²) < 4.78 is -0.921. The number of amides is 1. The standard InChI is InChI=1S/C15H19Cl2N3O/c1-14(10-15(14,16)17)13(21)19-9-11-4-5-18-12(8-11)20-6-2-3-7-20/h4-5,8H,2-3,6-7,9-10H2,1H3,(H,19,21). The number of hydrogen-bond donors (Lipinski definition) is 1. The summed E-state index contributed by atoms with van der Waals surface area (Å²) in [6.45, 7) is 4.38. The molecule has 2 heterocycles. The largest absolute Gasteiger partial charge is 0.357 e. The van der Waals surface area contributed by atoms with Crippen molar-refractivity contribution in [3.63, 3.8) is 0 Å². The van der Waals surface area contributed by atoms with Gasteiger partial charge in [0.15, 0.2) is 0 Å². The maximum atomic E-state index is 12.2. The first kappa shape index (κ1) is 14.9. The van der Waals surface area contributed by atoms with Crippen LogP contribution in [-0.4, -0.2) is 28.3 Å². The minimum atomic E-state index is -0.921. The number of alkyl halides is 2. The van der Waals surface area contributed by atoms with Gasteiger partial charge in [-0.3, -0.25) is 4.79 Å². The van der Waals surface area contributed by atoms with Crippen LogP contribution in [0.25, 0.3) is 0 Å². The van der Waals surface area contributed by atoms with Gasteiger partial charge in [0.1, 0.15) is 10.2 Å². The molecule has 6 heteroatoms. The van der Waals surface area contributed by atoms with Crippen LogP contribution in [0, 0.1) is 5.41 Å². The van der Waals surface area contributed by atoms with Crippen LogP contribution in [0.1, 0.15) is 31.7 Å². The molecule has 0 radical (unpaired) electrons. The molecule has 1 saturated heterocycles. The van der Waals surface area contributed by atoms with Gasteiger partial charge in [-0.15, -0.1) is 23.2 Å². The van der Waals surface area contributed by atoms with Gasteiger partial charge in [-0.2, -0.15) is 0 Å². The number of carbonyl (C=O) groups is 1. The lowest BCUT2D eigenvalue weighted by molar-refractivity contribution is -0.125. The van der Waals surface area contributed by atoms with Gasteiger partial charge in [0.25, 0.3) is 0 Å². The number of carbonyl (C=O) groups excluding carboxylic acids is 1. The number of hydrogen-bond acceptors (Lipinski definition) is 3. The third kappa shape index (κ3) is 2.84. The zero-order valence-electron chi connectivity index (χ0n) is 12.0. The lowest BCUT2D eigenvalue weighted by Crippen LogP contribution is -2.32. The second-order valence-electron chi connectivity index (χ2n) is 6.11. The molecule has 1 unspecified atom stereocenters. The molecule has 0 bridgehead atoms. The molecule has 0 aromatic carbocycles. The number of nitrogens with one attached hydrogen (secondary N) is 1. The average molecular weight is 328 g/mol. The highest BCUT2D eigenvalue weighted by Gasteiger charge is 2.67. The van der Waals surface area contributed by atoms with Crippen LogP contribution in [0.4, 0.5) is 5.82 Å². The van der Waals surface area contributed by atoms with E-state index in [9.17, 15) is 4.79 Å². The summed E-state index contributed by atoms with van der Waals surface area (Å²) in [5.74, 6) is 0.896. The van der Waals surface area contributed by atoms with E-state index in [4.69, 9.17) is 23.2 Å². The highest BCUT2D eigenvalue weighted by atomic mass is 35.5. The number of rotatable bonds is 4. The van der Waals surface area contributed by atoms with Gasteiger partial charge in [0.05, 0.1) is 5.41 Å². The number of aromatic nitrogens is 1. The Hall–Kier alpha value is -1.00. The fourth-order valence-corrected chi connectivity index (χ4v) is 3.42. The summed E-state index contributed by atoms with van der Waals surface area (Å²) in [5, 5.41) is 2.92. The van der Waals surface area contributed by atoms with Gasteiger partial charge in [0.2, 0.25) is 5.91 Å². The van der Waals surface area contributed by atoms with Crippen LogP contribution in [0.2, 0.25) is 0 Å². The molecule has 1 aromatic rings. The molecule has 1 saturated carbocycles. The highest BCUT2D eigenvalue weighted by Crippen LogP contribution is 2.63. The molecule has 2 fully saturated rings. The van der Waals surface area contributed by atoms with Gasteiger partial charge < -0.3 is 10.2 Å². The Morgan fingerprint density at radius 3 is 2.71 bits per heavy atom. The van der Waals surface area contributed by atoms with Crippen molar-refractivity contribution in [2.24, 2.45) is 5.41 Å². The lowest BCUT2D eigenvalue weighted by atomic mass is 10.1. The van der Waals surface area contributed by atoms with E-state index in [1.165, 1.54) is 12.8 Å². The Bertz CT molecular complexity index is 558. The quantitative estimate of drug-likeness (QED) is 0.865. The number of pyridine rings is 1. The highest BCUT2D eigenvalue weighted by molar-refractivity contribution is 6.53. The van der Waals surface area contributed by atoms with E-state index in [1.807, 2.05) is 12.1 Å². The molecule has 1 aliphatic heterocycles. The Labute approximate surface area is 134 Å². The third-order valence-electron chi connectivity index (χ3n) is 4.45. The molecular formula is C15H19Cl2N3O. The molecule has 1 atom stereocenters. The number of nitrogens with zero attached hydrogens (tertiary/aromatic N) is 2. The van der Waals surface area contributed by atoms with Gasteiger partial charge in [-0.1, -0.05) is 0 Å². The topological polar surface area (TPSA) is 45.2 Å². The fraction of sp³-hybridized carbons (Fsp3) is 0.600. The Morgan fingerprint density at radius 2 is 2.10 bits per heavy atom. The number of anilines is 1. The summed E-state index contributed by atoms with van der Waals surface area (Å²) in [6.07, 6.45) is 4.73. The van der Waals surface area contributed by atoms with E-state index in [-0.39, 0.29) is 5.91 Å². The Morgan fingerprint density at radius 1 is 1.43 bits per heavy atom. The molecule has 1 amide bonds. The first-order valence-corrected chi connectivity index (χ1v) is 8.04. The third-order valence-corrected chi connectivity index (χ3v) is 5.55. The molecule has 1 aliphatic carbocycles. The summed E-state index contributed by atoms with van der Waals surface area (Å²) in [4.78, 5) is 18.8. The molecule has 21 heavy (non-hydrogen) atoms. The van der Waals surface area contributed by atoms with E-state index >= 15 is 0 Å². The summed E-state index contributed by atoms with van der Waals surface area (Å²) in [5.41, 5.74) is 0.375. The van der Waals surface area contributed by atoms with E-state index in [1.54, 1.807) is 13.1 Å². The van der Waals surface area contributed by atoms with Crippen LogP contribution in [0.5, 0.6) is 0 Å². The van der Waals surface area contributed by atoms with E-state index in [0.29, 0.717) is 13.0 Å². The van der Waals surface area contributed by atoms with Crippen LogP contribution < -0.4 is 10.2 Å². The lowest BCUT2D eigenvalue weighted by Gasteiger charge is -2.17. The van der Waals surface area contributed by atoms with Crippen molar-refractivity contribution in [1.82, 2.24) is 10.3 Å². The fourth-order valence-electron chi connectivity index (χ4n) is 2.71. The van der Waals surface area contributed by atoms with Crippen molar-refractivity contribution in [3.8, 4) is 0 Å². The predicted molar refractivity (Wildman–Crippen MR) is 84.7 cm³/mol. The zero-order valence-corrected chi connectivity index (χ0v) is 13.5. The molecule has 3 rings (SSSR count). The van der Waals surface area contributed by atoms with Crippen molar-refractivity contribution in [3.05, 3.63) is 23.9 Å². The number of halogens is 2. The van der Waals surface area contributed by atoms with Crippen LogP contribution >= 0.6 is 23.2 Å².